The third-order valence-corrected chi connectivity index (χ3v) is 6.75. The van der Waals surface area contributed by atoms with Crippen molar-refractivity contribution in [3.63, 3.8) is 0 Å². The number of benzene rings is 1. The zero-order valence-corrected chi connectivity index (χ0v) is 20.5. The van der Waals surface area contributed by atoms with Gasteiger partial charge in [0.25, 0.3) is 5.91 Å². The predicted octanol–water partition coefficient (Wildman–Crippen LogP) is 4.46. The minimum Gasteiger partial charge on any atom is -0.486 e. The number of amides is 1. The van der Waals surface area contributed by atoms with Crippen molar-refractivity contribution < 1.29 is 19.2 Å². The van der Waals surface area contributed by atoms with Crippen molar-refractivity contribution in [3.05, 3.63) is 45.3 Å². The second-order valence-corrected chi connectivity index (χ2v) is 9.48. The highest BCUT2D eigenvalue weighted by atomic mass is 35.5. The van der Waals surface area contributed by atoms with E-state index in [-0.39, 0.29) is 23.3 Å². The number of fused-ring (bicyclic) bond motifs is 2. The Kier molecular flexibility index (Phi) is 8.25. The zero-order chi connectivity index (χ0) is 22.7. The van der Waals surface area contributed by atoms with Gasteiger partial charge >= 0.3 is 5.00 Å². The van der Waals surface area contributed by atoms with Crippen LogP contribution < -0.4 is 14.4 Å². The minimum atomic E-state index is -0.439. The molecule has 3 aromatic rings. The molecule has 2 aromatic heterocycles. The van der Waals surface area contributed by atoms with Crippen molar-refractivity contribution in [1.82, 2.24) is 9.88 Å². The molecule has 9 nitrogen and oxygen atoms in total. The van der Waals surface area contributed by atoms with Crippen LogP contribution in [0.25, 0.3) is 16.3 Å². The van der Waals surface area contributed by atoms with Crippen molar-refractivity contribution in [1.29, 1.82) is 0 Å². The average Bonchev–Trinajstić information content (AvgIpc) is 3.40. The summed E-state index contributed by atoms with van der Waals surface area (Å²) in [5.74, 6) is 1.12. The van der Waals surface area contributed by atoms with Crippen LogP contribution in [0.5, 0.6) is 11.5 Å². The Balaban J connectivity index is 0.00000306. The van der Waals surface area contributed by atoms with Crippen LogP contribution in [0.4, 0.5) is 10.1 Å². The summed E-state index contributed by atoms with van der Waals surface area (Å²) in [5, 5.41) is 11.5. The summed E-state index contributed by atoms with van der Waals surface area (Å²) >= 11 is 2.45. The Morgan fingerprint density at radius 2 is 1.91 bits per heavy atom. The molecular formula is C21H23ClN4O5S2. The van der Waals surface area contributed by atoms with Gasteiger partial charge in [0.05, 0.1) is 15.1 Å². The Hall–Kier alpha value is -2.73. The monoisotopic (exact) mass is 510 g/mol. The van der Waals surface area contributed by atoms with Crippen LogP contribution in [0, 0.1) is 10.1 Å². The largest absolute Gasteiger partial charge is 0.486 e. The molecular weight excluding hydrogens is 488 g/mol. The molecule has 0 saturated carbocycles. The number of ether oxygens (including phenoxy) is 2. The number of nitrogens with zero attached hydrogens (tertiary/aromatic N) is 4. The van der Waals surface area contributed by atoms with Gasteiger partial charge in [-0.1, -0.05) is 22.7 Å². The quantitative estimate of drug-likeness (QED) is 0.251. The molecule has 1 aromatic carbocycles. The molecule has 3 heterocycles. The van der Waals surface area contributed by atoms with E-state index >= 15 is 0 Å². The Bertz CT molecular complexity index is 1130. The third kappa shape index (κ3) is 5.99. The van der Waals surface area contributed by atoms with Gasteiger partial charge in [-0.15, -0.1) is 12.4 Å². The maximum absolute atomic E-state index is 13.1. The molecule has 0 unspecified atom stereocenters. The molecule has 1 amide bonds. The predicted molar refractivity (Wildman–Crippen MR) is 133 cm³/mol. The number of halogens is 1. The standard InChI is InChI=1S/C21H22N4O5S2.ClH/c1-23(2)8-3-9-24(19(26)6-4-14-5-7-20(31-14)25(27)28)21-22-15-12-16-17(13-18(15)32-21)30-11-10-29-16;/h4-7,12-13H,3,8-11H2,1-2H3;1H. The van der Waals surface area contributed by atoms with Crippen LogP contribution in [-0.4, -0.2) is 61.1 Å². The van der Waals surface area contributed by atoms with E-state index in [1.807, 2.05) is 26.2 Å². The van der Waals surface area contributed by atoms with Gasteiger partial charge in [-0.2, -0.15) is 0 Å². The van der Waals surface area contributed by atoms with E-state index in [1.54, 1.807) is 17.0 Å². The zero-order valence-electron chi connectivity index (χ0n) is 18.1. The van der Waals surface area contributed by atoms with E-state index in [1.165, 1.54) is 23.5 Å². The fraction of sp³-hybridized carbons (Fsp3) is 0.333. The molecule has 4 rings (SSSR count). The molecule has 1 aliphatic heterocycles. The highest BCUT2D eigenvalue weighted by Crippen LogP contribution is 2.39. The van der Waals surface area contributed by atoms with E-state index in [0.717, 1.165) is 34.5 Å². The number of carbonyl (C=O) groups is 1. The smallest absolute Gasteiger partial charge is 0.324 e. The van der Waals surface area contributed by atoms with Gasteiger partial charge in [0, 0.05) is 35.7 Å². The van der Waals surface area contributed by atoms with Crippen LogP contribution in [-0.2, 0) is 4.79 Å². The number of hydrogen-bond donors (Lipinski definition) is 0. The molecule has 0 atom stereocenters. The number of nitro groups is 1. The molecule has 0 radical (unpaired) electrons. The number of hydrogen-bond acceptors (Lipinski definition) is 9. The van der Waals surface area contributed by atoms with E-state index in [4.69, 9.17) is 9.47 Å². The summed E-state index contributed by atoms with van der Waals surface area (Å²) in [7, 11) is 3.97. The van der Waals surface area contributed by atoms with Crippen LogP contribution >= 0.6 is 35.1 Å². The van der Waals surface area contributed by atoms with Gasteiger partial charge < -0.3 is 14.4 Å². The fourth-order valence-corrected chi connectivity index (χ4v) is 4.92. The molecule has 0 fully saturated rings. The van der Waals surface area contributed by atoms with Crippen molar-refractivity contribution in [2.75, 3.05) is 45.3 Å². The lowest BCUT2D eigenvalue weighted by Gasteiger charge is -2.19. The number of carbonyl (C=O) groups excluding carboxylic acids is 1. The van der Waals surface area contributed by atoms with Crippen molar-refractivity contribution in [2.24, 2.45) is 0 Å². The number of rotatable bonds is 8. The van der Waals surface area contributed by atoms with Crippen molar-refractivity contribution >= 4 is 67.4 Å². The number of anilines is 1. The van der Waals surface area contributed by atoms with Crippen LogP contribution in [0.15, 0.2) is 30.3 Å². The van der Waals surface area contributed by atoms with Gasteiger partial charge in [-0.05, 0) is 39.2 Å². The Labute approximate surface area is 204 Å². The minimum absolute atomic E-state index is 0. The van der Waals surface area contributed by atoms with Crippen LogP contribution in [0.2, 0.25) is 0 Å². The lowest BCUT2D eigenvalue weighted by atomic mass is 10.3. The first-order valence-corrected chi connectivity index (χ1v) is 11.6. The van der Waals surface area contributed by atoms with Gasteiger partial charge in [-0.25, -0.2) is 4.98 Å². The highest BCUT2D eigenvalue weighted by Gasteiger charge is 2.21. The molecule has 0 saturated heterocycles. The first-order chi connectivity index (χ1) is 15.4. The summed E-state index contributed by atoms with van der Waals surface area (Å²) in [5.41, 5.74) is 0.748. The van der Waals surface area contributed by atoms with Gasteiger partial charge in [-0.3, -0.25) is 19.8 Å². The SMILES string of the molecule is CN(C)CCCN(C(=O)C=Cc1ccc([N+](=O)[O-])s1)c1nc2cc3c(cc2s1)OCCO3.Cl. The van der Waals surface area contributed by atoms with Gasteiger partial charge in [0.2, 0.25) is 0 Å². The van der Waals surface area contributed by atoms with E-state index in [2.05, 4.69) is 9.88 Å². The maximum atomic E-state index is 13.1. The number of thiazole rings is 1. The summed E-state index contributed by atoms with van der Waals surface area (Å²) in [6, 6.07) is 6.80. The molecule has 0 aliphatic carbocycles. The Morgan fingerprint density at radius 3 is 2.58 bits per heavy atom. The summed E-state index contributed by atoms with van der Waals surface area (Å²) in [6.45, 7) is 2.32. The molecule has 0 N–H and O–H groups in total. The Morgan fingerprint density at radius 1 is 1.18 bits per heavy atom. The molecule has 0 spiro atoms. The van der Waals surface area contributed by atoms with Gasteiger partial charge in [0.15, 0.2) is 16.6 Å². The normalized spacial score (nSPS) is 12.8. The van der Waals surface area contributed by atoms with Crippen molar-refractivity contribution in [2.45, 2.75) is 6.42 Å². The molecule has 33 heavy (non-hydrogen) atoms. The van der Waals surface area contributed by atoms with Crippen molar-refractivity contribution in [3.8, 4) is 11.5 Å². The average molecular weight is 511 g/mol. The summed E-state index contributed by atoms with van der Waals surface area (Å²) in [4.78, 5) is 32.6. The number of thiophene rings is 1. The topological polar surface area (TPSA) is 98.0 Å². The van der Waals surface area contributed by atoms with Gasteiger partial charge in [0.1, 0.15) is 13.2 Å². The maximum Gasteiger partial charge on any atom is 0.324 e. The summed E-state index contributed by atoms with van der Waals surface area (Å²) < 4.78 is 12.2. The lowest BCUT2D eigenvalue weighted by molar-refractivity contribution is -0.380. The van der Waals surface area contributed by atoms with E-state index in [9.17, 15) is 14.9 Å². The first-order valence-electron chi connectivity index (χ1n) is 9.99. The van der Waals surface area contributed by atoms with Crippen LogP contribution in [0.1, 0.15) is 11.3 Å². The summed E-state index contributed by atoms with van der Waals surface area (Å²) in [6.07, 6.45) is 3.82. The molecule has 1 aliphatic rings. The van der Waals surface area contributed by atoms with E-state index < -0.39 is 4.92 Å². The third-order valence-electron chi connectivity index (χ3n) is 4.71. The highest BCUT2D eigenvalue weighted by molar-refractivity contribution is 7.22. The second kappa shape index (κ2) is 10.9. The fourth-order valence-electron chi connectivity index (χ4n) is 3.19. The van der Waals surface area contributed by atoms with E-state index in [0.29, 0.717) is 41.3 Å². The second-order valence-electron chi connectivity index (χ2n) is 7.37. The molecule has 0 bridgehead atoms. The number of aromatic nitrogens is 1. The van der Waals surface area contributed by atoms with Crippen LogP contribution in [0.3, 0.4) is 0 Å². The first kappa shape index (κ1) is 24.9. The molecule has 176 valence electrons. The molecule has 12 heteroatoms. The lowest BCUT2D eigenvalue weighted by Crippen LogP contribution is -2.32.